The molecule has 0 fully saturated rings. The van der Waals surface area contributed by atoms with Crippen LogP contribution in [-0.4, -0.2) is 38.1 Å². The fourth-order valence-corrected chi connectivity index (χ4v) is 3.19. The van der Waals surface area contributed by atoms with Crippen molar-refractivity contribution in [3.8, 4) is 22.9 Å². The average molecular weight is 428 g/mol. The highest BCUT2D eigenvalue weighted by molar-refractivity contribution is 7.99. The Kier molecular flexibility index (Phi) is 6.27. The standard InChI is InChI=1S/C18H16N6O5S/c1-23-17(11-3-2-4-13(7-11)24(28)29)21-22-18(23)30-10-16(27)20-19-9-12-5-6-14(25)8-15(12)26/h2-9H,10H2,1H3,(H3,19,20,25,26,27). The van der Waals surface area contributed by atoms with Gasteiger partial charge in [-0.05, 0) is 35.5 Å². The molecule has 3 N–H and O–H groups in total. The summed E-state index contributed by atoms with van der Waals surface area (Å²) in [6.07, 6.45) is 1.19. The lowest BCUT2D eigenvalue weighted by molar-refractivity contribution is -0.698. The van der Waals surface area contributed by atoms with Crippen LogP contribution in [0.1, 0.15) is 5.56 Å². The number of non-ortho nitro benzene ring substituents is 1. The second-order valence-electron chi connectivity index (χ2n) is 6.03. The van der Waals surface area contributed by atoms with E-state index in [9.17, 15) is 25.1 Å². The summed E-state index contributed by atoms with van der Waals surface area (Å²) >= 11 is 1.14. The molecular formula is C18H16N6O5S. The molecule has 0 saturated heterocycles. The zero-order valence-corrected chi connectivity index (χ0v) is 16.4. The van der Waals surface area contributed by atoms with Crippen LogP contribution in [0.25, 0.3) is 11.4 Å². The third-order valence-electron chi connectivity index (χ3n) is 3.93. The van der Waals surface area contributed by atoms with Crippen LogP contribution >= 0.6 is 11.8 Å². The smallest absolute Gasteiger partial charge is 0.337 e. The number of nitrogens with one attached hydrogen (secondary N) is 2. The fraction of sp³-hybridized carbons (Fsp3) is 0.111. The minimum atomic E-state index is -0.478. The van der Waals surface area contributed by atoms with E-state index in [1.807, 2.05) is 0 Å². The maximum atomic E-state index is 12.0. The van der Waals surface area contributed by atoms with Crippen molar-refractivity contribution in [1.29, 1.82) is 0 Å². The number of nitrogens with zero attached hydrogens (tertiary/aromatic N) is 4. The molecule has 1 amide bonds. The predicted octanol–water partition coefficient (Wildman–Crippen LogP) is 0.831. The van der Waals surface area contributed by atoms with Gasteiger partial charge in [0.15, 0.2) is 0 Å². The number of carbonyl (C=O) groups is 1. The van der Waals surface area contributed by atoms with Crippen LogP contribution in [0.5, 0.6) is 11.5 Å². The zero-order chi connectivity index (χ0) is 21.7. The van der Waals surface area contributed by atoms with E-state index < -0.39 is 16.6 Å². The highest BCUT2D eigenvalue weighted by atomic mass is 32.2. The molecule has 0 aliphatic rings. The maximum Gasteiger partial charge on any atom is 0.337 e. The molecule has 0 atom stereocenters. The zero-order valence-electron chi connectivity index (χ0n) is 15.6. The molecule has 3 rings (SSSR count). The lowest BCUT2D eigenvalue weighted by Crippen LogP contribution is -2.32. The molecular weight excluding hydrogens is 412 g/mol. The van der Waals surface area contributed by atoms with E-state index in [1.165, 1.54) is 30.5 Å². The molecule has 0 unspecified atom stereocenters. The molecule has 154 valence electrons. The topological polar surface area (TPSA) is 160 Å². The molecule has 3 aromatic rings. The van der Waals surface area contributed by atoms with Crippen LogP contribution in [0, 0.1) is 10.1 Å². The highest BCUT2D eigenvalue weighted by Gasteiger charge is 2.21. The molecule has 11 nitrogen and oxygen atoms in total. The van der Waals surface area contributed by atoms with Gasteiger partial charge in [-0.15, -0.1) is 5.10 Å². The fourth-order valence-electron chi connectivity index (χ4n) is 2.47. The summed E-state index contributed by atoms with van der Waals surface area (Å²) in [6.45, 7) is 0. The second-order valence-corrected chi connectivity index (χ2v) is 6.97. The molecule has 0 radical (unpaired) electrons. The minimum Gasteiger partial charge on any atom is -0.872 e. The number of hydrazone groups is 1. The number of hydrogen-bond acceptors (Lipinski definition) is 8. The number of phenols is 1. The largest absolute Gasteiger partial charge is 0.872 e. The normalized spacial score (nSPS) is 11.0. The van der Waals surface area contributed by atoms with Crippen LogP contribution < -0.4 is 15.1 Å². The van der Waals surface area contributed by atoms with Gasteiger partial charge in [0.1, 0.15) is 5.75 Å². The van der Waals surface area contributed by atoms with Crippen molar-refractivity contribution < 1.29 is 24.5 Å². The van der Waals surface area contributed by atoms with Gasteiger partial charge in [0.05, 0.1) is 34.6 Å². The summed E-state index contributed by atoms with van der Waals surface area (Å²) in [5.74, 6) is -0.421. The first-order valence-corrected chi connectivity index (χ1v) is 9.47. The summed E-state index contributed by atoms with van der Waals surface area (Å²) in [6, 6.07) is 9.90. The Balaban J connectivity index is 1.60. The Morgan fingerprint density at radius 3 is 2.93 bits per heavy atom. The van der Waals surface area contributed by atoms with E-state index in [0.717, 1.165) is 17.8 Å². The average Bonchev–Trinajstić information content (AvgIpc) is 3.08. The van der Waals surface area contributed by atoms with Crippen molar-refractivity contribution in [2.45, 2.75) is 5.16 Å². The number of H-pyrrole nitrogens is 1. The molecule has 0 bridgehead atoms. The van der Waals surface area contributed by atoms with Gasteiger partial charge in [-0.2, -0.15) is 5.10 Å². The van der Waals surface area contributed by atoms with E-state index in [1.54, 1.807) is 23.7 Å². The number of aromatic nitrogens is 3. The molecule has 0 aliphatic carbocycles. The van der Waals surface area contributed by atoms with Crippen molar-refractivity contribution in [2.24, 2.45) is 12.1 Å². The van der Waals surface area contributed by atoms with Gasteiger partial charge in [-0.25, -0.2) is 9.99 Å². The van der Waals surface area contributed by atoms with Crippen molar-refractivity contribution >= 4 is 29.6 Å². The van der Waals surface area contributed by atoms with Crippen LogP contribution in [0.4, 0.5) is 5.69 Å². The summed E-state index contributed by atoms with van der Waals surface area (Å²) in [7, 11) is 1.72. The number of aromatic hydroxyl groups is 1. The van der Waals surface area contributed by atoms with Gasteiger partial charge in [0, 0.05) is 12.1 Å². The molecule has 2 aromatic carbocycles. The quantitative estimate of drug-likeness (QED) is 0.165. The van der Waals surface area contributed by atoms with Crippen molar-refractivity contribution in [3.63, 3.8) is 0 Å². The first-order valence-electron chi connectivity index (χ1n) is 8.49. The third-order valence-corrected chi connectivity index (χ3v) is 4.96. The van der Waals surface area contributed by atoms with E-state index >= 15 is 0 Å². The van der Waals surface area contributed by atoms with Gasteiger partial charge in [0.2, 0.25) is 0 Å². The van der Waals surface area contributed by atoms with Crippen LogP contribution in [0.2, 0.25) is 0 Å². The van der Waals surface area contributed by atoms with Crippen LogP contribution in [0.3, 0.4) is 0 Å². The number of amides is 1. The van der Waals surface area contributed by atoms with Gasteiger partial charge >= 0.3 is 5.16 Å². The Bertz CT molecular complexity index is 1130. The Labute approximate surface area is 174 Å². The van der Waals surface area contributed by atoms with Crippen molar-refractivity contribution in [1.82, 2.24) is 15.6 Å². The lowest BCUT2D eigenvalue weighted by Gasteiger charge is -2.09. The Morgan fingerprint density at radius 2 is 2.20 bits per heavy atom. The Hall–Kier alpha value is -3.93. The lowest BCUT2D eigenvalue weighted by atomic mass is 10.2. The first kappa shape index (κ1) is 20.8. The van der Waals surface area contributed by atoms with E-state index in [0.29, 0.717) is 16.5 Å². The van der Waals surface area contributed by atoms with Gasteiger partial charge in [-0.3, -0.25) is 14.9 Å². The molecule has 1 aromatic heterocycles. The molecule has 12 heteroatoms. The van der Waals surface area contributed by atoms with Crippen molar-refractivity contribution in [3.05, 3.63) is 58.1 Å². The van der Waals surface area contributed by atoms with E-state index in [2.05, 4.69) is 20.7 Å². The minimum absolute atomic E-state index is 0.00419. The molecule has 0 aliphatic heterocycles. The number of aromatic amines is 1. The molecule has 30 heavy (non-hydrogen) atoms. The second kappa shape index (κ2) is 9.05. The molecule has 0 saturated carbocycles. The molecule has 1 heterocycles. The number of nitro benzene ring substituents is 1. The SMILES string of the molecule is C[n+]1c(SCC(=O)NN=Cc2ccc(O)cc2[O-])n[nH]c1-c1cccc([N+](=O)[O-])c1. The summed E-state index contributed by atoms with van der Waals surface area (Å²) < 4.78 is 1.68. The maximum absolute atomic E-state index is 12.0. The number of thioether (sulfide) groups is 1. The summed E-state index contributed by atoms with van der Waals surface area (Å²) in [5, 5.41) is 42.9. The predicted molar refractivity (Wildman–Crippen MR) is 106 cm³/mol. The number of carbonyl (C=O) groups excluding carboxylic acids is 1. The van der Waals surface area contributed by atoms with E-state index in [4.69, 9.17) is 0 Å². The van der Waals surface area contributed by atoms with Gasteiger partial charge < -0.3 is 10.2 Å². The van der Waals surface area contributed by atoms with Gasteiger partial charge in [0.25, 0.3) is 17.4 Å². The van der Waals surface area contributed by atoms with Crippen molar-refractivity contribution in [2.75, 3.05) is 5.75 Å². The highest BCUT2D eigenvalue weighted by Crippen LogP contribution is 2.21. The monoisotopic (exact) mass is 428 g/mol. The van der Waals surface area contributed by atoms with Gasteiger partial charge in [-0.1, -0.05) is 17.9 Å². The number of rotatable bonds is 7. The number of nitro groups is 1. The van der Waals surface area contributed by atoms with Crippen LogP contribution in [0.15, 0.2) is 52.7 Å². The number of hydrogen-bond donors (Lipinski definition) is 3. The van der Waals surface area contributed by atoms with Crippen LogP contribution in [-0.2, 0) is 11.8 Å². The summed E-state index contributed by atoms with van der Waals surface area (Å²) in [4.78, 5) is 22.4. The van der Waals surface area contributed by atoms with E-state index in [-0.39, 0.29) is 22.8 Å². The third kappa shape index (κ3) is 4.91. The number of benzene rings is 2. The molecule has 0 spiro atoms. The number of phenolic OH excluding ortho intramolecular Hbond substituents is 1. The first-order chi connectivity index (χ1) is 14.3. The Morgan fingerprint density at radius 1 is 1.40 bits per heavy atom. The summed E-state index contributed by atoms with van der Waals surface area (Å²) in [5.41, 5.74) is 3.08.